The number of hydrogen-bond acceptors (Lipinski definition) is 1. The molecular weight excluding hydrogens is 200 g/mol. The zero-order valence-corrected chi connectivity index (χ0v) is 9.18. The molecule has 1 aromatic rings. The minimum atomic E-state index is -0.944. The number of carbonyl (C=O) groups is 1. The quantitative estimate of drug-likeness (QED) is 0.779. The van der Waals surface area contributed by atoms with Crippen molar-refractivity contribution in [2.75, 3.05) is 0 Å². The highest BCUT2D eigenvalue weighted by atomic mass is 16.4. The van der Waals surface area contributed by atoms with E-state index in [9.17, 15) is 4.79 Å². The molecule has 0 aliphatic carbocycles. The molecule has 2 heteroatoms. The van der Waals surface area contributed by atoms with Gasteiger partial charge in [-0.1, -0.05) is 36.9 Å². The molecule has 82 valence electrons. The highest BCUT2D eigenvalue weighted by Crippen LogP contribution is 2.16. The van der Waals surface area contributed by atoms with Crippen molar-refractivity contribution in [2.24, 2.45) is 0 Å². The molecule has 0 amide bonds. The van der Waals surface area contributed by atoms with Gasteiger partial charge in [-0.25, -0.2) is 4.79 Å². The fourth-order valence-electron chi connectivity index (χ4n) is 1.37. The Hall–Kier alpha value is -2.09. The van der Waals surface area contributed by atoms with Crippen LogP contribution in [0.3, 0.4) is 0 Å². The first-order chi connectivity index (χ1) is 7.67. The maximum Gasteiger partial charge on any atom is 0.328 e. The minimum Gasteiger partial charge on any atom is -0.478 e. The lowest BCUT2D eigenvalue weighted by molar-refractivity contribution is -0.131. The summed E-state index contributed by atoms with van der Waals surface area (Å²) in [5, 5.41) is 8.53. The molecular formula is C14H14O2. The molecule has 0 unspecified atom stereocenters. The lowest BCUT2D eigenvalue weighted by Gasteiger charge is -2.02. The predicted molar refractivity (Wildman–Crippen MR) is 67.9 cm³/mol. The van der Waals surface area contributed by atoms with E-state index in [1.807, 2.05) is 37.3 Å². The van der Waals surface area contributed by atoms with Crippen LogP contribution in [0, 0.1) is 0 Å². The van der Waals surface area contributed by atoms with Crippen LogP contribution in [-0.2, 0) is 4.79 Å². The number of carboxylic acid groups (broad SMARTS) is 1. The van der Waals surface area contributed by atoms with Crippen LogP contribution >= 0.6 is 0 Å². The van der Waals surface area contributed by atoms with Crippen LogP contribution in [-0.4, -0.2) is 11.1 Å². The average molecular weight is 214 g/mol. The monoisotopic (exact) mass is 214 g/mol. The third-order valence-corrected chi connectivity index (χ3v) is 2.10. The van der Waals surface area contributed by atoms with Crippen molar-refractivity contribution < 1.29 is 9.90 Å². The largest absolute Gasteiger partial charge is 0.478 e. The Morgan fingerprint density at radius 2 is 2.06 bits per heavy atom. The third-order valence-electron chi connectivity index (χ3n) is 2.10. The molecule has 2 nitrogen and oxygen atoms in total. The molecule has 0 radical (unpaired) electrons. The Labute approximate surface area is 95.2 Å². The minimum absolute atomic E-state index is 0.862. The van der Waals surface area contributed by atoms with Crippen molar-refractivity contribution in [3.8, 4) is 0 Å². The second-order valence-electron chi connectivity index (χ2n) is 3.26. The van der Waals surface area contributed by atoms with Gasteiger partial charge in [0.2, 0.25) is 0 Å². The van der Waals surface area contributed by atoms with E-state index in [1.165, 1.54) is 0 Å². The van der Waals surface area contributed by atoms with Crippen molar-refractivity contribution in [1.29, 1.82) is 0 Å². The molecule has 0 aliphatic heterocycles. The summed E-state index contributed by atoms with van der Waals surface area (Å²) < 4.78 is 0. The topological polar surface area (TPSA) is 37.3 Å². The SMILES string of the molecule is C=Cc1ccc(/C=C/C(=O)O)cc1/C=C\C. The van der Waals surface area contributed by atoms with Crippen LogP contribution in [0.5, 0.6) is 0 Å². The molecule has 0 aromatic heterocycles. The van der Waals surface area contributed by atoms with E-state index < -0.39 is 5.97 Å². The Kier molecular flexibility index (Phi) is 4.28. The number of benzene rings is 1. The molecule has 0 fully saturated rings. The first-order valence-corrected chi connectivity index (χ1v) is 4.97. The van der Waals surface area contributed by atoms with Crippen molar-refractivity contribution in [3.63, 3.8) is 0 Å². The Morgan fingerprint density at radius 3 is 2.62 bits per heavy atom. The van der Waals surface area contributed by atoms with Gasteiger partial charge in [0.1, 0.15) is 0 Å². The predicted octanol–water partition coefficient (Wildman–Crippen LogP) is 3.46. The molecule has 0 spiro atoms. The summed E-state index contributed by atoms with van der Waals surface area (Å²) in [7, 11) is 0. The average Bonchev–Trinajstić information content (AvgIpc) is 2.27. The fourth-order valence-corrected chi connectivity index (χ4v) is 1.37. The third kappa shape index (κ3) is 3.24. The number of hydrogen-bond donors (Lipinski definition) is 1. The van der Waals surface area contributed by atoms with Gasteiger partial charge in [-0.05, 0) is 35.8 Å². The van der Waals surface area contributed by atoms with Crippen LogP contribution in [0.1, 0.15) is 23.6 Å². The lowest BCUT2D eigenvalue weighted by atomic mass is 10.0. The van der Waals surface area contributed by atoms with Gasteiger partial charge in [0.15, 0.2) is 0 Å². The van der Waals surface area contributed by atoms with E-state index >= 15 is 0 Å². The van der Waals surface area contributed by atoms with Crippen LogP contribution in [0.2, 0.25) is 0 Å². The number of aliphatic carboxylic acids is 1. The highest BCUT2D eigenvalue weighted by Gasteiger charge is 1.97. The molecule has 1 rings (SSSR count). The van der Waals surface area contributed by atoms with Gasteiger partial charge >= 0.3 is 5.97 Å². The van der Waals surface area contributed by atoms with Crippen LogP contribution in [0.4, 0.5) is 0 Å². The first-order valence-electron chi connectivity index (χ1n) is 4.97. The van der Waals surface area contributed by atoms with Crippen LogP contribution in [0.25, 0.3) is 18.2 Å². The molecule has 0 saturated heterocycles. The number of allylic oxidation sites excluding steroid dienone is 1. The van der Waals surface area contributed by atoms with Gasteiger partial charge in [-0.15, -0.1) is 0 Å². The summed E-state index contributed by atoms with van der Waals surface area (Å²) in [6, 6.07) is 5.71. The molecule has 0 atom stereocenters. The smallest absolute Gasteiger partial charge is 0.328 e. The van der Waals surface area contributed by atoms with Gasteiger partial charge in [-0.3, -0.25) is 0 Å². The van der Waals surface area contributed by atoms with Crippen molar-refractivity contribution in [3.05, 3.63) is 53.6 Å². The summed E-state index contributed by atoms with van der Waals surface area (Å²) in [5.41, 5.74) is 2.93. The van der Waals surface area contributed by atoms with E-state index in [1.54, 1.807) is 12.2 Å². The second kappa shape index (κ2) is 5.71. The maximum atomic E-state index is 10.4. The highest BCUT2D eigenvalue weighted by molar-refractivity contribution is 5.85. The van der Waals surface area contributed by atoms with Gasteiger partial charge in [-0.2, -0.15) is 0 Å². The maximum absolute atomic E-state index is 10.4. The van der Waals surface area contributed by atoms with E-state index in [2.05, 4.69) is 6.58 Å². The number of rotatable bonds is 4. The van der Waals surface area contributed by atoms with Gasteiger partial charge < -0.3 is 5.11 Å². The van der Waals surface area contributed by atoms with Crippen molar-refractivity contribution in [1.82, 2.24) is 0 Å². The van der Waals surface area contributed by atoms with E-state index in [-0.39, 0.29) is 0 Å². The molecule has 0 heterocycles. The molecule has 0 saturated carbocycles. The normalized spacial score (nSPS) is 11.1. The van der Waals surface area contributed by atoms with E-state index in [0.29, 0.717) is 0 Å². The van der Waals surface area contributed by atoms with E-state index in [0.717, 1.165) is 22.8 Å². The molecule has 0 bridgehead atoms. The van der Waals surface area contributed by atoms with Gasteiger partial charge in [0.05, 0.1) is 0 Å². The Balaban J connectivity index is 3.11. The molecule has 16 heavy (non-hydrogen) atoms. The van der Waals surface area contributed by atoms with Gasteiger partial charge in [0, 0.05) is 6.08 Å². The lowest BCUT2D eigenvalue weighted by Crippen LogP contribution is -1.87. The second-order valence-corrected chi connectivity index (χ2v) is 3.26. The zero-order valence-electron chi connectivity index (χ0n) is 9.18. The van der Waals surface area contributed by atoms with E-state index in [4.69, 9.17) is 5.11 Å². The van der Waals surface area contributed by atoms with Crippen molar-refractivity contribution >= 4 is 24.2 Å². The first kappa shape index (κ1) is 12.0. The summed E-state index contributed by atoms with van der Waals surface area (Å²) >= 11 is 0. The summed E-state index contributed by atoms with van der Waals surface area (Å²) in [6.45, 7) is 5.67. The van der Waals surface area contributed by atoms with Crippen LogP contribution < -0.4 is 0 Å². The zero-order chi connectivity index (χ0) is 12.0. The summed E-state index contributed by atoms with van der Waals surface area (Å²) in [5.74, 6) is -0.944. The molecule has 1 aromatic carbocycles. The van der Waals surface area contributed by atoms with Crippen LogP contribution in [0.15, 0.2) is 36.9 Å². The summed E-state index contributed by atoms with van der Waals surface area (Å²) in [4.78, 5) is 10.4. The number of carboxylic acids is 1. The fraction of sp³-hybridized carbons (Fsp3) is 0.0714. The molecule has 0 aliphatic rings. The Bertz CT molecular complexity index is 454. The van der Waals surface area contributed by atoms with Gasteiger partial charge in [0.25, 0.3) is 0 Å². The summed E-state index contributed by atoms with van der Waals surface area (Å²) in [6.07, 6.45) is 8.38. The molecule has 1 N–H and O–H groups in total. The standard InChI is InChI=1S/C14H14O2/c1-3-5-13-10-11(7-9-14(15)16)6-8-12(13)4-2/h3-10H,2H2,1H3,(H,15,16)/b5-3-,9-7+. The Morgan fingerprint density at radius 1 is 1.31 bits per heavy atom. The van der Waals surface area contributed by atoms with Crippen molar-refractivity contribution in [2.45, 2.75) is 6.92 Å².